The molecule has 0 spiro atoms. The molecule has 0 aliphatic carbocycles. The van der Waals surface area contributed by atoms with E-state index in [1.54, 1.807) is 18.2 Å². The van der Waals surface area contributed by atoms with Crippen LogP contribution in [0.5, 0.6) is 11.5 Å². The van der Waals surface area contributed by atoms with Crippen LogP contribution in [0.3, 0.4) is 0 Å². The number of benzene rings is 2. The molecule has 0 N–H and O–H groups in total. The van der Waals surface area contributed by atoms with Crippen molar-refractivity contribution < 1.29 is 4.74 Å². The highest BCUT2D eigenvalue weighted by Crippen LogP contribution is 2.32. The minimum Gasteiger partial charge on any atom is -0.456 e. The summed E-state index contributed by atoms with van der Waals surface area (Å²) in [6.45, 7) is 1.99. The van der Waals surface area contributed by atoms with Gasteiger partial charge in [-0.05, 0) is 36.8 Å². The highest BCUT2D eigenvalue weighted by Gasteiger charge is 2.05. The summed E-state index contributed by atoms with van der Waals surface area (Å²) in [4.78, 5) is 0. The van der Waals surface area contributed by atoms with Gasteiger partial charge in [-0.1, -0.05) is 41.4 Å². The van der Waals surface area contributed by atoms with Crippen LogP contribution in [0.2, 0.25) is 10.0 Å². The van der Waals surface area contributed by atoms with Crippen molar-refractivity contribution in [2.24, 2.45) is 0 Å². The summed E-state index contributed by atoms with van der Waals surface area (Å²) in [6, 6.07) is 13.0. The van der Waals surface area contributed by atoms with E-state index in [2.05, 4.69) is 0 Å². The maximum Gasteiger partial charge on any atom is 0.146 e. The van der Waals surface area contributed by atoms with Crippen molar-refractivity contribution >= 4 is 23.2 Å². The Morgan fingerprint density at radius 1 is 0.938 bits per heavy atom. The molecule has 2 aromatic rings. The maximum absolute atomic E-state index is 6.02. The lowest BCUT2D eigenvalue weighted by atomic mass is 10.2. The molecule has 0 fully saturated rings. The van der Waals surface area contributed by atoms with Crippen molar-refractivity contribution in [2.45, 2.75) is 6.92 Å². The van der Waals surface area contributed by atoms with Crippen LogP contribution in [-0.2, 0) is 0 Å². The van der Waals surface area contributed by atoms with Crippen molar-refractivity contribution in [1.29, 1.82) is 0 Å². The summed E-state index contributed by atoms with van der Waals surface area (Å²) < 4.78 is 5.70. The molecule has 0 aliphatic rings. The molecule has 0 amide bonds. The van der Waals surface area contributed by atoms with E-state index in [0.717, 1.165) is 11.3 Å². The zero-order valence-electron chi connectivity index (χ0n) is 8.71. The number of ether oxygens (including phenoxy) is 1. The predicted octanol–water partition coefficient (Wildman–Crippen LogP) is 5.09. The molecule has 0 aliphatic heterocycles. The Labute approximate surface area is 105 Å². The average molecular weight is 253 g/mol. The first-order valence-corrected chi connectivity index (χ1v) is 5.61. The summed E-state index contributed by atoms with van der Waals surface area (Å²) in [7, 11) is 0. The Balaban J connectivity index is 2.31. The van der Waals surface area contributed by atoms with Gasteiger partial charge in [0, 0.05) is 5.02 Å². The van der Waals surface area contributed by atoms with Gasteiger partial charge in [-0.2, -0.15) is 0 Å². The zero-order valence-corrected chi connectivity index (χ0v) is 10.2. The summed E-state index contributed by atoms with van der Waals surface area (Å²) in [5, 5.41) is 1.11. The Hall–Kier alpha value is -1.18. The first-order valence-electron chi connectivity index (χ1n) is 4.85. The topological polar surface area (TPSA) is 9.23 Å². The fourth-order valence-corrected chi connectivity index (χ4v) is 1.79. The van der Waals surface area contributed by atoms with Crippen LogP contribution in [0.1, 0.15) is 5.56 Å². The van der Waals surface area contributed by atoms with E-state index >= 15 is 0 Å². The quantitative estimate of drug-likeness (QED) is 0.723. The zero-order chi connectivity index (χ0) is 11.5. The van der Waals surface area contributed by atoms with Crippen LogP contribution < -0.4 is 4.74 Å². The number of halogens is 2. The first-order chi connectivity index (χ1) is 7.66. The van der Waals surface area contributed by atoms with Gasteiger partial charge in [0.25, 0.3) is 0 Å². The molecule has 0 heterocycles. The second-order valence-corrected chi connectivity index (χ2v) is 4.29. The monoisotopic (exact) mass is 252 g/mol. The van der Waals surface area contributed by atoms with E-state index < -0.39 is 0 Å². The van der Waals surface area contributed by atoms with E-state index in [-0.39, 0.29) is 0 Å². The van der Waals surface area contributed by atoms with Gasteiger partial charge in [0.1, 0.15) is 11.5 Å². The van der Waals surface area contributed by atoms with Gasteiger partial charge in [0.15, 0.2) is 0 Å². The third-order valence-corrected chi connectivity index (χ3v) is 2.74. The molecule has 2 aromatic carbocycles. The van der Waals surface area contributed by atoms with E-state index in [0.29, 0.717) is 15.8 Å². The third kappa shape index (κ3) is 2.49. The van der Waals surface area contributed by atoms with Gasteiger partial charge in [0.2, 0.25) is 0 Å². The first kappa shape index (κ1) is 11.3. The van der Waals surface area contributed by atoms with Gasteiger partial charge in [0.05, 0.1) is 5.02 Å². The molecule has 3 heteroatoms. The second kappa shape index (κ2) is 4.77. The number of para-hydroxylation sites is 1. The number of rotatable bonds is 2. The molecule has 16 heavy (non-hydrogen) atoms. The van der Waals surface area contributed by atoms with Crippen molar-refractivity contribution in [3.05, 3.63) is 58.1 Å². The molecule has 82 valence electrons. The molecule has 0 radical (unpaired) electrons. The van der Waals surface area contributed by atoms with Gasteiger partial charge < -0.3 is 4.74 Å². The molecule has 0 saturated heterocycles. The summed E-state index contributed by atoms with van der Waals surface area (Å²) >= 11 is 11.8. The molecule has 0 unspecified atom stereocenters. The summed E-state index contributed by atoms with van der Waals surface area (Å²) in [5.41, 5.74) is 1.06. The molecule has 0 saturated carbocycles. The predicted molar refractivity (Wildman–Crippen MR) is 67.7 cm³/mol. The van der Waals surface area contributed by atoms with E-state index in [1.807, 2.05) is 31.2 Å². The Morgan fingerprint density at radius 2 is 1.69 bits per heavy atom. The van der Waals surface area contributed by atoms with Crippen LogP contribution in [0, 0.1) is 6.92 Å². The third-order valence-electron chi connectivity index (χ3n) is 2.21. The van der Waals surface area contributed by atoms with Crippen molar-refractivity contribution in [3.63, 3.8) is 0 Å². The smallest absolute Gasteiger partial charge is 0.146 e. The standard InChI is InChI=1S/C13H10Cl2O/c1-9-4-2-3-5-12(9)16-13-7-6-10(14)8-11(13)15/h2-8H,1H3. The molecule has 0 atom stereocenters. The molecular formula is C13H10Cl2O. The molecule has 1 nitrogen and oxygen atoms in total. The largest absolute Gasteiger partial charge is 0.456 e. The van der Waals surface area contributed by atoms with Crippen molar-refractivity contribution in [3.8, 4) is 11.5 Å². The highest BCUT2D eigenvalue weighted by molar-refractivity contribution is 6.35. The lowest BCUT2D eigenvalue weighted by molar-refractivity contribution is 0.479. The van der Waals surface area contributed by atoms with Crippen LogP contribution >= 0.6 is 23.2 Å². The fraction of sp³-hybridized carbons (Fsp3) is 0.0769. The molecule has 0 bridgehead atoms. The molecule has 2 rings (SSSR count). The van der Waals surface area contributed by atoms with E-state index in [9.17, 15) is 0 Å². The lowest BCUT2D eigenvalue weighted by Crippen LogP contribution is -1.87. The van der Waals surface area contributed by atoms with Gasteiger partial charge in [-0.3, -0.25) is 0 Å². The van der Waals surface area contributed by atoms with Crippen LogP contribution in [0.15, 0.2) is 42.5 Å². The van der Waals surface area contributed by atoms with E-state index in [1.165, 1.54) is 0 Å². The molecular weight excluding hydrogens is 243 g/mol. The Kier molecular flexibility index (Phi) is 3.37. The maximum atomic E-state index is 6.02. The van der Waals surface area contributed by atoms with Crippen LogP contribution in [0.25, 0.3) is 0 Å². The van der Waals surface area contributed by atoms with Crippen LogP contribution in [-0.4, -0.2) is 0 Å². The number of aryl methyl sites for hydroxylation is 1. The van der Waals surface area contributed by atoms with Crippen LogP contribution in [0.4, 0.5) is 0 Å². The Morgan fingerprint density at radius 3 is 2.38 bits per heavy atom. The number of hydrogen-bond acceptors (Lipinski definition) is 1. The van der Waals surface area contributed by atoms with E-state index in [4.69, 9.17) is 27.9 Å². The fourth-order valence-electron chi connectivity index (χ4n) is 1.35. The van der Waals surface area contributed by atoms with Gasteiger partial charge >= 0.3 is 0 Å². The van der Waals surface area contributed by atoms with Crippen molar-refractivity contribution in [1.82, 2.24) is 0 Å². The Bertz CT molecular complexity index is 509. The van der Waals surface area contributed by atoms with Crippen molar-refractivity contribution in [2.75, 3.05) is 0 Å². The highest BCUT2D eigenvalue weighted by atomic mass is 35.5. The second-order valence-electron chi connectivity index (χ2n) is 3.44. The van der Waals surface area contributed by atoms with Gasteiger partial charge in [-0.25, -0.2) is 0 Å². The molecule has 0 aromatic heterocycles. The van der Waals surface area contributed by atoms with Gasteiger partial charge in [-0.15, -0.1) is 0 Å². The summed E-state index contributed by atoms with van der Waals surface area (Å²) in [6.07, 6.45) is 0. The minimum atomic E-state index is 0.510. The number of hydrogen-bond donors (Lipinski definition) is 0. The summed E-state index contributed by atoms with van der Waals surface area (Å²) in [5.74, 6) is 1.41. The SMILES string of the molecule is Cc1ccccc1Oc1ccc(Cl)cc1Cl. The minimum absolute atomic E-state index is 0.510. The lowest BCUT2D eigenvalue weighted by Gasteiger charge is -2.09. The normalized spacial score (nSPS) is 10.2. The average Bonchev–Trinajstić information content (AvgIpc) is 2.25.